The van der Waals surface area contributed by atoms with Gasteiger partial charge in [-0.05, 0) is 49.8 Å². The van der Waals surface area contributed by atoms with Crippen molar-refractivity contribution in [1.29, 1.82) is 0 Å². The number of hydrazone groups is 1. The Morgan fingerprint density at radius 3 is 2.76 bits per heavy atom. The van der Waals surface area contributed by atoms with Gasteiger partial charge in [-0.2, -0.15) is 5.10 Å². The number of amides is 1. The van der Waals surface area contributed by atoms with Crippen LogP contribution in [0.5, 0.6) is 5.75 Å². The molecule has 1 aromatic carbocycles. The average Bonchev–Trinajstić information content (AvgIpc) is 2.53. The molecule has 1 N–H and O–H groups in total. The van der Waals surface area contributed by atoms with Gasteiger partial charge in [0.1, 0.15) is 5.75 Å². The van der Waals surface area contributed by atoms with E-state index in [1.165, 1.54) is 13.5 Å². The Labute approximate surface area is 130 Å². The third-order valence-electron chi connectivity index (χ3n) is 3.98. The van der Waals surface area contributed by atoms with Crippen molar-refractivity contribution in [3.8, 4) is 5.75 Å². The second-order valence-electron chi connectivity index (χ2n) is 5.32. The molecule has 1 aliphatic carbocycles. The fourth-order valence-corrected chi connectivity index (χ4v) is 2.75. The minimum atomic E-state index is -0.292. The molecule has 0 saturated heterocycles. The van der Waals surface area contributed by atoms with E-state index in [1.54, 1.807) is 18.2 Å². The Hall–Kier alpha value is -1.55. The summed E-state index contributed by atoms with van der Waals surface area (Å²) in [5.74, 6) is 0.999. The van der Waals surface area contributed by atoms with Crippen LogP contribution in [0.4, 0.5) is 0 Å². The molecule has 5 heteroatoms. The number of carbonyl (C=O) groups is 1. The van der Waals surface area contributed by atoms with Crippen LogP contribution in [0.1, 0.15) is 49.4 Å². The molecular formula is C16H21ClN2O2. The summed E-state index contributed by atoms with van der Waals surface area (Å²) in [5, 5.41) is 4.75. The van der Waals surface area contributed by atoms with Crippen LogP contribution < -0.4 is 10.2 Å². The number of methoxy groups -OCH3 is 1. The molecule has 21 heavy (non-hydrogen) atoms. The minimum absolute atomic E-state index is 0.292. The van der Waals surface area contributed by atoms with Gasteiger partial charge in [0.25, 0.3) is 5.91 Å². The first kappa shape index (κ1) is 15.8. The molecule has 0 radical (unpaired) electrons. The molecule has 1 saturated carbocycles. The van der Waals surface area contributed by atoms with E-state index >= 15 is 0 Å². The lowest BCUT2D eigenvalue weighted by Gasteiger charge is -2.21. The maximum atomic E-state index is 12.2. The maximum absolute atomic E-state index is 12.2. The topological polar surface area (TPSA) is 50.7 Å². The van der Waals surface area contributed by atoms with Crippen molar-refractivity contribution in [2.24, 2.45) is 11.0 Å². The highest BCUT2D eigenvalue weighted by Crippen LogP contribution is 2.25. The van der Waals surface area contributed by atoms with Gasteiger partial charge in [-0.3, -0.25) is 4.79 Å². The zero-order chi connectivity index (χ0) is 15.2. The first-order valence-electron chi connectivity index (χ1n) is 7.33. The van der Waals surface area contributed by atoms with E-state index in [9.17, 15) is 4.79 Å². The van der Waals surface area contributed by atoms with Crippen LogP contribution in [0, 0.1) is 5.92 Å². The molecule has 0 unspecified atom stereocenters. The fraction of sp³-hybridized carbons (Fsp3) is 0.500. The van der Waals surface area contributed by atoms with E-state index in [0.717, 1.165) is 37.3 Å². The molecule has 1 amide bonds. The number of nitrogens with zero attached hydrogens (tertiary/aromatic N) is 1. The summed E-state index contributed by atoms with van der Waals surface area (Å²) < 4.78 is 5.17. The molecule has 0 aliphatic heterocycles. The van der Waals surface area contributed by atoms with Gasteiger partial charge in [0.15, 0.2) is 0 Å². The summed E-state index contributed by atoms with van der Waals surface area (Å²) in [4.78, 5) is 12.2. The molecule has 0 heterocycles. The quantitative estimate of drug-likeness (QED) is 0.854. The van der Waals surface area contributed by atoms with E-state index in [4.69, 9.17) is 16.3 Å². The van der Waals surface area contributed by atoms with Gasteiger partial charge in [-0.25, -0.2) is 5.43 Å². The monoisotopic (exact) mass is 308 g/mol. The molecule has 4 nitrogen and oxygen atoms in total. The molecule has 1 fully saturated rings. The van der Waals surface area contributed by atoms with Crippen LogP contribution >= 0.6 is 11.6 Å². The lowest BCUT2D eigenvalue weighted by Crippen LogP contribution is -2.22. The smallest absolute Gasteiger partial charge is 0.275 e. The van der Waals surface area contributed by atoms with Crippen molar-refractivity contribution < 1.29 is 9.53 Å². The summed E-state index contributed by atoms with van der Waals surface area (Å²) in [6.07, 6.45) is 5.47. The van der Waals surface area contributed by atoms with Crippen LogP contribution in [0.2, 0.25) is 5.02 Å². The van der Waals surface area contributed by atoms with Crippen molar-refractivity contribution in [2.45, 2.75) is 39.0 Å². The van der Waals surface area contributed by atoms with Crippen molar-refractivity contribution >= 4 is 23.2 Å². The van der Waals surface area contributed by atoms with Gasteiger partial charge in [0.05, 0.1) is 12.7 Å². The Morgan fingerprint density at radius 2 is 2.14 bits per heavy atom. The predicted octanol–water partition coefficient (Wildman–Crippen LogP) is 4.03. The molecule has 2 rings (SSSR count). The van der Waals surface area contributed by atoms with E-state index in [2.05, 4.69) is 17.5 Å². The highest BCUT2D eigenvalue weighted by atomic mass is 35.5. The summed E-state index contributed by atoms with van der Waals surface area (Å²) in [7, 11) is 1.53. The second-order valence-corrected chi connectivity index (χ2v) is 5.75. The number of carbonyl (C=O) groups excluding carboxylic acids is 1. The molecule has 1 aliphatic rings. The highest BCUT2D eigenvalue weighted by Gasteiger charge is 2.17. The third kappa shape index (κ3) is 4.21. The lowest BCUT2D eigenvalue weighted by atomic mass is 9.86. The molecule has 0 atom stereocenters. The molecule has 1 aromatic rings. The van der Waals surface area contributed by atoms with Crippen molar-refractivity contribution in [3.05, 3.63) is 28.8 Å². The first-order valence-corrected chi connectivity index (χ1v) is 7.71. The van der Waals surface area contributed by atoms with Gasteiger partial charge in [-0.15, -0.1) is 0 Å². The largest absolute Gasteiger partial charge is 0.496 e. The number of ether oxygens (including phenoxy) is 1. The van der Waals surface area contributed by atoms with E-state index in [-0.39, 0.29) is 5.91 Å². The Kier molecular flexibility index (Phi) is 5.62. The lowest BCUT2D eigenvalue weighted by molar-refractivity contribution is 0.0951. The van der Waals surface area contributed by atoms with Gasteiger partial charge >= 0.3 is 0 Å². The number of halogens is 1. The van der Waals surface area contributed by atoms with Crippen LogP contribution in [-0.2, 0) is 0 Å². The fourth-order valence-electron chi connectivity index (χ4n) is 2.58. The van der Waals surface area contributed by atoms with E-state index < -0.39 is 0 Å². The van der Waals surface area contributed by atoms with Crippen molar-refractivity contribution in [2.75, 3.05) is 7.11 Å². The standard InChI is InChI=1S/C16H21ClN2O2/c1-3-11-4-7-13(8-5-11)18-19-16(20)14-10-12(17)6-9-15(14)21-2/h6,9-11H,3-5,7-8H2,1-2H3,(H,19,20). The van der Waals surface area contributed by atoms with Crippen LogP contribution in [0.3, 0.4) is 0 Å². The van der Waals surface area contributed by atoms with Crippen LogP contribution in [0.15, 0.2) is 23.3 Å². The molecule has 114 valence electrons. The van der Waals surface area contributed by atoms with Gasteiger partial charge in [0.2, 0.25) is 0 Å². The van der Waals surface area contributed by atoms with Crippen LogP contribution in [0.25, 0.3) is 0 Å². The highest BCUT2D eigenvalue weighted by molar-refractivity contribution is 6.31. The molecule has 0 bridgehead atoms. The van der Waals surface area contributed by atoms with Gasteiger partial charge < -0.3 is 4.74 Å². The normalized spacial score (nSPS) is 18.2. The SMILES string of the molecule is CCC1CCC(=NNC(=O)c2cc(Cl)ccc2OC)CC1. The minimum Gasteiger partial charge on any atom is -0.496 e. The molecule has 0 aromatic heterocycles. The van der Waals surface area contributed by atoms with E-state index in [1.807, 2.05) is 0 Å². The van der Waals surface area contributed by atoms with Gasteiger partial charge in [0, 0.05) is 10.7 Å². The number of benzene rings is 1. The van der Waals surface area contributed by atoms with Crippen molar-refractivity contribution in [3.63, 3.8) is 0 Å². The van der Waals surface area contributed by atoms with Crippen molar-refractivity contribution in [1.82, 2.24) is 5.43 Å². The number of nitrogens with one attached hydrogen (secondary N) is 1. The number of hydrogen-bond acceptors (Lipinski definition) is 3. The third-order valence-corrected chi connectivity index (χ3v) is 4.22. The Bertz CT molecular complexity index is 533. The van der Waals surface area contributed by atoms with Gasteiger partial charge in [-0.1, -0.05) is 24.9 Å². The number of hydrogen-bond donors (Lipinski definition) is 1. The summed E-state index contributed by atoms with van der Waals surface area (Å²) in [6.45, 7) is 2.22. The Morgan fingerprint density at radius 1 is 1.43 bits per heavy atom. The summed E-state index contributed by atoms with van der Waals surface area (Å²) in [5.41, 5.74) is 4.08. The average molecular weight is 309 g/mol. The van der Waals surface area contributed by atoms with Crippen LogP contribution in [-0.4, -0.2) is 18.7 Å². The zero-order valence-corrected chi connectivity index (χ0v) is 13.2. The second kappa shape index (κ2) is 7.46. The predicted molar refractivity (Wildman–Crippen MR) is 85.2 cm³/mol. The van der Waals surface area contributed by atoms with E-state index in [0.29, 0.717) is 16.3 Å². The first-order chi connectivity index (χ1) is 10.1. The molecule has 0 spiro atoms. The number of rotatable bonds is 4. The summed E-state index contributed by atoms with van der Waals surface area (Å²) in [6, 6.07) is 4.95. The Balaban J connectivity index is 2.00. The zero-order valence-electron chi connectivity index (χ0n) is 12.5. The summed E-state index contributed by atoms with van der Waals surface area (Å²) >= 11 is 5.93. The maximum Gasteiger partial charge on any atom is 0.275 e. The molecular weight excluding hydrogens is 288 g/mol.